The maximum atomic E-state index is 12.4. The molecule has 1 unspecified atom stereocenters. The lowest BCUT2D eigenvalue weighted by atomic mass is 9.48. The number of rotatable bonds is 0. The first kappa shape index (κ1) is 15.3. The van der Waals surface area contributed by atoms with Gasteiger partial charge in [0.1, 0.15) is 5.78 Å². The Hall–Kier alpha value is -0.280. The molecule has 7 atom stereocenters. The molecule has 0 aromatic heterocycles. The summed E-state index contributed by atoms with van der Waals surface area (Å²) in [6, 6.07) is 0. The molecule has 122 valence electrons. The number of thiol groups is 1. The van der Waals surface area contributed by atoms with Gasteiger partial charge in [0.05, 0.1) is 6.10 Å². The highest BCUT2D eigenvalue weighted by Crippen LogP contribution is 2.64. The summed E-state index contributed by atoms with van der Waals surface area (Å²) in [7, 11) is 0. The number of carbonyl (C=O) groups is 1. The molecule has 2 nitrogen and oxygen atoms in total. The van der Waals surface area contributed by atoms with Crippen molar-refractivity contribution < 1.29 is 9.90 Å². The highest BCUT2D eigenvalue weighted by atomic mass is 32.1. The third-order valence-electron chi connectivity index (χ3n) is 7.81. The summed E-state index contributed by atoms with van der Waals surface area (Å²) in [6.45, 7) is 4.64. The van der Waals surface area contributed by atoms with Crippen LogP contribution in [0.3, 0.4) is 0 Å². The molecule has 4 rings (SSSR count). The number of aliphatic hydroxyl groups excluding tert-OH is 1. The Bertz CT molecular complexity index is 542. The van der Waals surface area contributed by atoms with E-state index in [4.69, 9.17) is 12.6 Å². The molecule has 0 spiro atoms. The van der Waals surface area contributed by atoms with E-state index >= 15 is 0 Å². The second-order valence-electron chi connectivity index (χ2n) is 8.70. The molecule has 22 heavy (non-hydrogen) atoms. The molecule has 0 radical (unpaired) electrons. The lowest BCUT2D eigenvalue weighted by Crippen LogP contribution is -2.53. The van der Waals surface area contributed by atoms with Crippen LogP contribution in [0.5, 0.6) is 0 Å². The third-order valence-corrected chi connectivity index (χ3v) is 8.31. The minimum Gasteiger partial charge on any atom is -0.393 e. The maximum Gasteiger partial charge on any atom is 0.139 e. The van der Waals surface area contributed by atoms with E-state index < -0.39 is 0 Å². The van der Waals surface area contributed by atoms with Gasteiger partial charge in [-0.15, -0.1) is 0 Å². The van der Waals surface area contributed by atoms with Crippen LogP contribution >= 0.6 is 12.6 Å². The normalized spacial score (nSPS) is 54.3. The number of hydrogen-bond donors (Lipinski definition) is 2. The molecule has 0 heterocycles. The third kappa shape index (κ3) is 1.87. The van der Waals surface area contributed by atoms with Gasteiger partial charge in [-0.25, -0.2) is 0 Å². The Balaban J connectivity index is 1.75. The molecule has 0 aromatic carbocycles. The van der Waals surface area contributed by atoms with Crippen molar-refractivity contribution in [1.82, 2.24) is 0 Å². The zero-order chi connectivity index (χ0) is 15.7. The van der Waals surface area contributed by atoms with E-state index in [1.807, 2.05) is 0 Å². The molecule has 3 heteroatoms. The van der Waals surface area contributed by atoms with Crippen molar-refractivity contribution in [3.05, 3.63) is 11.6 Å². The van der Waals surface area contributed by atoms with E-state index in [9.17, 15) is 9.90 Å². The number of hydrogen-bond acceptors (Lipinski definition) is 3. The van der Waals surface area contributed by atoms with E-state index in [2.05, 4.69) is 19.9 Å². The second kappa shape index (κ2) is 4.86. The summed E-state index contributed by atoms with van der Waals surface area (Å²) < 4.78 is 0. The number of aliphatic hydroxyl groups is 1. The summed E-state index contributed by atoms with van der Waals surface area (Å²) in [4.78, 5) is 12.4. The predicted molar refractivity (Wildman–Crippen MR) is 90.9 cm³/mol. The number of fused-ring (bicyclic) bond motifs is 5. The molecular weight excluding hydrogens is 292 g/mol. The van der Waals surface area contributed by atoms with Crippen LogP contribution in [0, 0.1) is 28.6 Å². The van der Waals surface area contributed by atoms with Gasteiger partial charge in [0.25, 0.3) is 0 Å². The average molecular weight is 320 g/mol. The molecule has 3 saturated carbocycles. The summed E-state index contributed by atoms with van der Waals surface area (Å²) >= 11 is 4.95. The average Bonchev–Trinajstić information content (AvgIpc) is 2.77. The van der Waals surface area contributed by atoms with E-state index in [0.717, 1.165) is 44.9 Å². The van der Waals surface area contributed by atoms with E-state index in [-0.39, 0.29) is 22.2 Å². The van der Waals surface area contributed by atoms with Gasteiger partial charge < -0.3 is 5.11 Å². The van der Waals surface area contributed by atoms with Crippen molar-refractivity contribution >= 4 is 18.4 Å². The molecule has 0 aliphatic heterocycles. The van der Waals surface area contributed by atoms with Crippen LogP contribution in [0.15, 0.2) is 11.6 Å². The van der Waals surface area contributed by atoms with Gasteiger partial charge in [-0.2, -0.15) is 12.6 Å². The zero-order valence-corrected chi connectivity index (χ0v) is 14.6. The Morgan fingerprint density at radius 2 is 1.82 bits per heavy atom. The lowest BCUT2D eigenvalue weighted by Gasteiger charge is -2.58. The molecule has 0 bridgehead atoms. The minimum atomic E-state index is -0.168. The second-order valence-corrected chi connectivity index (χ2v) is 9.30. The van der Waals surface area contributed by atoms with Gasteiger partial charge in [-0.1, -0.05) is 25.5 Å². The van der Waals surface area contributed by atoms with Crippen molar-refractivity contribution in [3.8, 4) is 0 Å². The van der Waals surface area contributed by atoms with Gasteiger partial charge in [0.15, 0.2) is 0 Å². The first-order valence-corrected chi connectivity index (χ1v) is 9.48. The molecule has 1 N–H and O–H groups in total. The standard InChI is InChI=1S/C19H28O2S/c1-18-7-5-12(20)9-11(18)10-15(22)17-13-3-4-16(21)19(13,2)8-6-14(17)18/h10,12-15,17,20,22H,3-9H2,1-2H3/t12-,13-,14-,15?,17-,18-,19-/m0/s1. The fourth-order valence-corrected chi connectivity index (χ4v) is 7.00. The maximum absolute atomic E-state index is 12.4. The van der Waals surface area contributed by atoms with Crippen molar-refractivity contribution in [2.45, 2.75) is 70.1 Å². The molecule has 3 fully saturated rings. The zero-order valence-electron chi connectivity index (χ0n) is 13.7. The molecular formula is C19H28O2S. The SMILES string of the molecule is C[C@]12CC[C@H](O)CC1=CC(S)[C@@H]1[C@@H]2CC[C@]2(C)C(=O)CC[C@@H]12. The lowest BCUT2D eigenvalue weighted by molar-refractivity contribution is -0.131. The van der Waals surface area contributed by atoms with Gasteiger partial charge >= 0.3 is 0 Å². The Labute approximate surface area is 139 Å². The van der Waals surface area contributed by atoms with Gasteiger partial charge in [0, 0.05) is 17.1 Å². The topological polar surface area (TPSA) is 37.3 Å². The monoisotopic (exact) mass is 320 g/mol. The van der Waals surface area contributed by atoms with Crippen LogP contribution in [0.4, 0.5) is 0 Å². The van der Waals surface area contributed by atoms with Crippen LogP contribution in [0.2, 0.25) is 0 Å². The molecule has 4 aliphatic rings. The van der Waals surface area contributed by atoms with Crippen LogP contribution in [-0.4, -0.2) is 22.2 Å². The molecule has 0 saturated heterocycles. The Morgan fingerprint density at radius 3 is 2.59 bits per heavy atom. The molecule has 0 aromatic rings. The summed E-state index contributed by atoms with van der Waals surface area (Å²) in [6.07, 6.45) is 9.09. The quantitative estimate of drug-likeness (QED) is 0.526. The van der Waals surface area contributed by atoms with Crippen molar-refractivity contribution in [3.63, 3.8) is 0 Å². The van der Waals surface area contributed by atoms with Gasteiger partial charge in [-0.05, 0) is 61.7 Å². The number of carbonyl (C=O) groups excluding carboxylic acids is 1. The van der Waals surface area contributed by atoms with E-state index in [1.54, 1.807) is 0 Å². The largest absolute Gasteiger partial charge is 0.393 e. The van der Waals surface area contributed by atoms with Crippen LogP contribution in [0.25, 0.3) is 0 Å². The highest BCUT2D eigenvalue weighted by Gasteiger charge is 2.60. The van der Waals surface area contributed by atoms with Crippen LogP contribution < -0.4 is 0 Å². The van der Waals surface area contributed by atoms with E-state index in [1.165, 1.54) is 5.57 Å². The van der Waals surface area contributed by atoms with Crippen molar-refractivity contribution in [2.75, 3.05) is 0 Å². The fraction of sp³-hybridized carbons (Fsp3) is 0.842. The Kier molecular flexibility index (Phi) is 3.37. The highest BCUT2D eigenvalue weighted by molar-refractivity contribution is 7.81. The summed E-state index contributed by atoms with van der Waals surface area (Å²) in [5.41, 5.74) is 1.59. The van der Waals surface area contributed by atoms with Crippen LogP contribution in [0.1, 0.15) is 58.8 Å². The van der Waals surface area contributed by atoms with Gasteiger partial charge in [-0.3, -0.25) is 4.79 Å². The van der Waals surface area contributed by atoms with Crippen molar-refractivity contribution in [2.24, 2.45) is 28.6 Å². The Morgan fingerprint density at radius 1 is 1.14 bits per heavy atom. The number of ketones is 1. The predicted octanol–water partition coefficient (Wildman–Crippen LogP) is 3.79. The molecule has 0 amide bonds. The fourth-order valence-electron chi connectivity index (χ4n) is 6.40. The minimum absolute atomic E-state index is 0.0853. The first-order valence-electron chi connectivity index (χ1n) is 8.97. The van der Waals surface area contributed by atoms with Crippen molar-refractivity contribution in [1.29, 1.82) is 0 Å². The van der Waals surface area contributed by atoms with E-state index in [0.29, 0.717) is 23.5 Å². The van der Waals surface area contributed by atoms with Crippen LogP contribution in [-0.2, 0) is 4.79 Å². The van der Waals surface area contributed by atoms with Gasteiger partial charge in [0.2, 0.25) is 0 Å². The summed E-state index contributed by atoms with van der Waals surface area (Å²) in [5, 5.41) is 10.3. The number of Topliss-reactive ketones (excluding diaryl/α,β-unsaturated/α-hetero) is 1. The summed E-state index contributed by atoms with van der Waals surface area (Å²) in [5.74, 6) is 2.20. The molecule has 4 aliphatic carbocycles. The first-order chi connectivity index (χ1) is 10.4. The smallest absolute Gasteiger partial charge is 0.139 e.